The first-order chi connectivity index (χ1) is 20.9. The van der Waals surface area contributed by atoms with E-state index in [1.165, 1.54) is 11.8 Å². The predicted molar refractivity (Wildman–Crippen MR) is 165 cm³/mol. The molecule has 2 aliphatic rings. The van der Waals surface area contributed by atoms with Crippen LogP contribution in [0.15, 0.2) is 84.9 Å². The molecule has 43 heavy (non-hydrogen) atoms. The summed E-state index contributed by atoms with van der Waals surface area (Å²) in [4.78, 5) is 59.1. The Bertz CT molecular complexity index is 1420. The lowest BCUT2D eigenvalue weighted by Crippen LogP contribution is -2.57. The van der Waals surface area contributed by atoms with Crippen LogP contribution in [0.1, 0.15) is 79.8 Å². The molecule has 0 bridgehead atoms. The average molecular weight is 581 g/mol. The van der Waals surface area contributed by atoms with Crippen LogP contribution < -0.4 is 4.90 Å². The molecule has 5 rings (SSSR count). The lowest BCUT2D eigenvalue weighted by molar-refractivity contribution is -0.159. The summed E-state index contributed by atoms with van der Waals surface area (Å²) < 4.78 is 5.73. The lowest BCUT2D eigenvalue weighted by atomic mass is 9.90. The number of hydrogen-bond acceptors (Lipinski definition) is 5. The van der Waals surface area contributed by atoms with E-state index in [2.05, 4.69) is 0 Å². The summed E-state index contributed by atoms with van der Waals surface area (Å²) in [7, 11) is 0. The number of hydrogen-bond donors (Lipinski definition) is 0. The molecule has 1 aliphatic heterocycles. The summed E-state index contributed by atoms with van der Waals surface area (Å²) in [6, 6.07) is 23.8. The summed E-state index contributed by atoms with van der Waals surface area (Å²) >= 11 is 0. The summed E-state index contributed by atoms with van der Waals surface area (Å²) in [6.45, 7) is 1.62. The van der Waals surface area contributed by atoms with Gasteiger partial charge in [-0.2, -0.15) is 0 Å². The van der Waals surface area contributed by atoms with Crippen molar-refractivity contribution in [1.29, 1.82) is 0 Å². The fraction of sp³-hybridized carbons (Fsp3) is 0.389. The van der Waals surface area contributed by atoms with E-state index in [4.69, 9.17) is 4.74 Å². The maximum absolute atomic E-state index is 14.8. The quantitative estimate of drug-likeness (QED) is 0.235. The van der Waals surface area contributed by atoms with Crippen LogP contribution in [0, 0.1) is 5.92 Å². The van der Waals surface area contributed by atoms with Crippen LogP contribution in [-0.4, -0.2) is 40.6 Å². The molecule has 3 aromatic carbocycles. The number of rotatable bonds is 7. The first kappa shape index (κ1) is 30.2. The van der Waals surface area contributed by atoms with Crippen molar-refractivity contribution in [3.8, 4) is 0 Å². The lowest BCUT2D eigenvalue weighted by Gasteiger charge is -2.38. The van der Waals surface area contributed by atoms with Gasteiger partial charge in [0.05, 0.1) is 12.2 Å². The number of amides is 2. The molecule has 0 unspecified atom stereocenters. The summed E-state index contributed by atoms with van der Waals surface area (Å²) in [6.07, 6.45) is 6.55. The minimum absolute atomic E-state index is 0.00800. The maximum Gasteiger partial charge on any atom is 0.329 e. The van der Waals surface area contributed by atoms with Crippen molar-refractivity contribution >= 4 is 29.3 Å². The van der Waals surface area contributed by atoms with E-state index in [1.54, 1.807) is 23.1 Å². The number of fused-ring (bicyclic) bond motifs is 1. The maximum atomic E-state index is 14.8. The monoisotopic (exact) mass is 580 g/mol. The van der Waals surface area contributed by atoms with Crippen LogP contribution >= 0.6 is 0 Å². The van der Waals surface area contributed by atoms with E-state index in [0.717, 1.165) is 49.7 Å². The molecule has 0 aromatic heterocycles. The average Bonchev–Trinajstić information content (AvgIpc) is 3.29. The van der Waals surface area contributed by atoms with Crippen molar-refractivity contribution in [2.24, 2.45) is 5.92 Å². The molecule has 3 aromatic rings. The normalized spacial score (nSPS) is 19.9. The number of carbonyl (C=O) groups excluding carboxylic acids is 4. The van der Waals surface area contributed by atoms with Gasteiger partial charge in [0.15, 0.2) is 5.78 Å². The molecule has 0 saturated heterocycles. The van der Waals surface area contributed by atoms with Crippen LogP contribution in [0.2, 0.25) is 0 Å². The van der Waals surface area contributed by atoms with Gasteiger partial charge in [-0.3, -0.25) is 14.4 Å². The Kier molecular flexibility index (Phi) is 10.0. The Balaban J connectivity index is 1.58. The second kappa shape index (κ2) is 14.3. The molecule has 7 heteroatoms. The first-order valence-corrected chi connectivity index (χ1v) is 15.4. The highest BCUT2D eigenvalue weighted by atomic mass is 16.5. The molecule has 1 heterocycles. The zero-order valence-corrected chi connectivity index (χ0v) is 24.8. The minimum Gasteiger partial charge on any atom is -0.459 e. The van der Waals surface area contributed by atoms with Crippen LogP contribution in [0.5, 0.6) is 0 Å². The van der Waals surface area contributed by atoms with E-state index < -0.39 is 24.0 Å². The third-order valence-corrected chi connectivity index (χ3v) is 8.67. The van der Waals surface area contributed by atoms with Gasteiger partial charge in [0.2, 0.25) is 11.8 Å². The highest BCUT2D eigenvalue weighted by molar-refractivity contribution is 6.10. The number of benzene rings is 3. The molecule has 224 valence electrons. The fourth-order valence-electron chi connectivity index (χ4n) is 6.48. The SMILES string of the molecule is CC(=O)N1[C@H](CC2CCCCCC2)C(=O)N(Cc2ccccc2)c2ccccc2C(=O)C[C@H]1C(=O)OCc1ccccc1. The van der Waals surface area contributed by atoms with Crippen molar-refractivity contribution in [2.45, 2.75) is 83.5 Å². The number of esters is 1. The number of ether oxygens (including phenoxy) is 1. The van der Waals surface area contributed by atoms with Crippen LogP contribution in [0.25, 0.3) is 0 Å². The van der Waals surface area contributed by atoms with Gasteiger partial charge in [0.1, 0.15) is 18.7 Å². The first-order valence-electron chi connectivity index (χ1n) is 15.4. The molecule has 0 spiro atoms. The highest BCUT2D eigenvalue weighted by Crippen LogP contribution is 2.34. The molecule has 2 amide bonds. The number of nitrogens with zero attached hydrogens (tertiary/aromatic N) is 2. The molecular formula is C36H40N2O5. The van der Waals surface area contributed by atoms with Gasteiger partial charge >= 0.3 is 5.97 Å². The highest BCUT2D eigenvalue weighted by Gasteiger charge is 2.44. The Hall–Kier alpha value is -4.26. The molecule has 1 fully saturated rings. The molecule has 0 radical (unpaired) electrons. The van der Waals surface area contributed by atoms with Crippen LogP contribution in [-0.2, 0) is 32.3 Å². The van der Waals surface area contributed by atoms with E-state index in [0.29, 0.717) is 17.7 Å². The fourth-order valence-corrected chi connectivity index (χ4v) is 6.48. The van der Waals surface area contributed by atoms with Gasteiger partial charge in [-0.25, -0.2) is 4.79 Å². The van der Waals surface area contributed by atoms with Crippen molar-refractivity contribution < 1.29 is 23.9 Å². The van der Waals surface area contributed by atoms with E-state index in [9.17, 15) is 19.2 Å². The number of Topliss-reactive ketones (excluding diaryl/α,β-unsaturated/α-hetero) is 1. The van der Waals surface area contributed by atoms with Gasteiger partial charge in [0.25, 0.3) is 0 Å². The third kappa shape index (κ3) is 7.39. The summed E-state index contributed by atoms with van der Waals surface area (Å²) in [5, 5.41) is 0. The summed E-state index contributed by atoms with van der Waals surface area (Å²) in [5.41, 5.74) is 2.55. The van der Waals surface area contributed by atoms with Gasteiger partial charge < -0.3 is 14.5 Å². The van der Waals surface area contributed by atoms with E-state index >= 15 is 0 Å². The van der Waals surface area contributed by atoms with Gasteiger partial charge in [-0.15, -0.1) is 0 Å². The topological polar surface area (TPSA) is 84.0 Å². The minimum atomic E-state index is -1.22. The Morgan fingerprint density at radius 2 is 1.40 bits per heavy atom. The van der Waals surface area contributed by atoms with Gasteiger partial charge in [-0.1, -0.05) is 111 Å². The Morgan fingerprint density at radius 1 is 0.791 bits per heavy atom. The zero-order valence-electron chi connectivity index (χ0n) is 24.8. The summed E-state index contributed by atoms with van der Waals surface area (Å²) in [5.74, 6) is -1.48. The van der Waals surface area contributed by atoms with Crippen molar-refractivity contribution in [3.63, 3.8) is 0 Å². The molecule has 7 nitrogen and oxygen atoms in total. The number of ketones is 1. The van der Waals surface area contributed by atoms with Crippen molar-refractivity contribution in [1.82, 2.24) is 4.90 Å². The standard InChI is InChI=1S/C36H40N2O5/c1-26(39)38-32(22-27-14-6-2-3-7-15-27)35(41)37(24-28-16-8-4-9-17-28)31-21-13-12-20-30(31)34(40)23-33(38)36(42)43-25-29-18-10-5-11-19-29/h4-5,8-13,16-21,27,32-33H,2-3,6-7,14-15,22-25H2,1H3/t32-,33+/m1/s1. The van der Waals surface area contributed by atoms with E-state index in [1.807, 2.05) is 66.7 Å². The molecular weight excluding hydrogens is 540 g/mol. The predicted octanol–water partition coefficient (Wildman–Crippen LogP) is 6.50. The Morgan fingerprint density at radius 3 is 2.05 bits per heavy atom. The largest absolute Gasteiger partial charge is 0.459 e. The van der Waals surface area contributed by atoms with Gasteiger partial charge in [0, 0.05) is 18.9 Å². The Labute approximate surface area is 253 Å². The van der Waals surface area contributed by atoms with Crippen molar-refractivity contribution in [2.75, 3.05) is 4.90 Å². The zero-order chi connectivity index (χ0) is 30.2. The van der Waals surface area contributed by atoms with Crippen molar-refractivity contribution in [3.05, 3.63) is 102 Å². The van der Waals surface area contributed by atoms with Crippen LogP contribution in [0.3, 0.4) is 0 Å². The number of carbonyl (C=O) groups is 4. The van der Waals surface area contributed by atoms with Crippen LogP contribution in [0.4, 0.5) is 5.69 Å². The van der Waals surface area contributed by atoms with E-state index in [-0.39, 0.29) is 37.2 Å². The smallest absolute Gasteiger partial charge is 0.329 e. The second-order valence-corrected chi connectivity index (χ2v) is 11.7. The second-order valence-electron chi connectivity index (χ2n) is 11.7. The molecule has 2 atom stereocenters. The van der Waals surface area contributed by atoms with Gasteiger partial charge in [-0.05, 0) is 35.6 Å². The molecule has 1 saturated carbocycles. The molecule has 0 N–H and O–H groups in total. The third-order valence-electron chi connectivity index (χ3n) is 8.67. The number of anilines is 1. The molecule has 1 aliphatic carbocycles. The number of para-hydroxylation sites is 1.